The maximum Gasteiger partial charge on any atom is 0.253 e. The lowest BCUT2D eigenvalue weighted by Gasteiger charge is -2.54. The maximum absolute atomic E-state index is 13.2. The summed E-state index contributed by atoms with van der Waals surface area (Å²) in [6, 6.07) is 22.7. The first kappa shape index (κ1) is 20.5. The van der Waals surface area contributed by atoms with Crippen molar-refractivity contribution in [2.45, 2.75) is 44.7 Å². The van der Waals surface area contributed by atoms with Crippen molar-refractivity contribution in [1.82, 2.24) is 15.1 Å². The van der Waals surface area contributed by atoms with Crippen LogP contribution < -0.4 is 5.32 Å². The summed E-state index contributed by atoms with van der Waals surface area (Å²) in [5.41, 5.74) is 5.46. The SMILES string of the molecule is O=C(NC1CC2(CCC2)C1)c1ccc(Cl)c2cnn(Cc3ccc(-c4ccccc4)cc3)c12. The number of amides is 1. The van der Waals surface area contributed by atoms with Gasteiger partial charge in [-0.1, -0.05) is 72.6 Å². The lowest BCUT2D eigenvalue weighted by Crippen LogP contribution is -2.53. The summed E-state index contributed by atoms with van der Waals surface area (Å²) in [6.45, 7) is 0.575. The molecule has 0 radical (unpaired) electrons. The number of nitrogens with one attached hydrogen (secondary N) is 1. The van der Waals surface area contributed by atoms with E-state index >= 15 is 0 Å². The number of carbonyl (C=O) groups is 1. The minimum atomic E-state index is -0.0305. The van der Waals surface area contributed by atoms with Crippen molar-refractivity contribution in [3.63, 3.8) is 0 Å². The van der Waals surface area contributed by atoms with Gasteiger partial charge in [-0.25, -0.2) is 0 Å². The molecule has 0 unspecified atom stereocenters. The van der Waals surface area contributed by atoms with Crippen molar-refractivity contribution in [2.75, 3.05) is 0 Å². The van der Waals surface area contributed by atoms with Gasteiger partial charge in [-0.15, -0.1) is 0 Å². The molecule has 1 heterocycles. The van der Waals surface area contributed by atoms with Gasteiger partial charge in [-0.05, 0) is 59.9 Å². The van der Waals surface area contributed by atoms with Crippen LogP contribution in [0.2, 0.25) is 5.02 Å². The summed E-state index contributed by atoms with van der Waals surface area (Å²) in [7, 11) is 0. The Hall–Kier alpha value is -3.11. The Morgan fingerprint density at radius 2 is 1.73 bits per heavy atom. The lowest BCUT2D eigenvalue weighted by atomic mass is 9.54. The van der Waals surface area contributed by atoms with E-state index in [-0.39, 0.29) is 11.9 Å². The molecule has 0 bridgehead atoms. The zero-order chi connectivity index (χ0) is 22.4. The fourth-order valence-electron chi connectivity index (χ4n) is 5.51. The van der Waals surface area contributed by atoms with Crippen LogP contribution in [0.3, 0.4) is 0 Å². The molecule has 33 heavy (non-hydrogen) atoms. The number of nitrogens with zero attached hydrogens (tertiary/aromatic N) is 2. The molecule has 2 aliphatic rings. The van der Waals surface area contributed by atoms with Crippen LogP contribution >= 0.6 is 11.6 Å². The molecule has 6 rings (SSSR count). The molecule has 5 heteroatoms. The number of rotatable bonds is 5. The minimum Gasteiger partial charge on any atom is -0.349 e. The van der Waals surface area contributed by atoms with Gasteiger partial charge in [0.2, 0.25) is 0 Å². The van der Waals surface area contributed by atoms with Crippen LogP contribution in [-0.2, 0) is 6.54 Å². The van der Waals surface area contributed by atoms with E-state index in [9.17, 15) is 4.79 Å². The van der Waals surface area contributed by atoms with Gasteiger partial charge < -0.3 is 5.32 Å². The topological polar surface area (TPSA) is 46.9 Å². The maximum atomic E-state index is 13.2. The summed E-state index contributed by atoms with van der Waals surface area (Å²) in [4.78, 5) is 13.2. The Kier molecular flexibility index (Phi) is 4.99. The highest BCUT2D eigenvalue weighted by Crippen LogP contribution is 2.55. The molecule has 3 aromatic carbocycles. The normalized spacial score (nSPS) is 17.0. The molecule has 1 amide bonds. The molecule has 2 fully saturated rings. The number of benzene rings is 3. The van der Waals surface area contributed by atoms with Gasteiger partial charge in [0.05, 0.1) is 28.8 Å². The predicted octanol–water partition coefficient (Wildman–Crippen LogP) is 6.47. The molecule has 0 atom stereocenters. The average Bonchev–Trinajstić information content (AvgIpc) is 3.20. The van der Waals surface area contributed by atoms with E-state index in [0.29, 0.717) is 22.5 Å². The second-order valence-corrected chi connectivity index (χ2v) is 10.1. The van der Waals surface area contributed by atoms with Crippen molar-refractivity contribution in [3.05, 3.63) is 89.1 Å². The van der Waals surface area contributed by atoms with Crippen LogP contribution in [-0.4, -0.2) is 21.7 Å². The molecule has 0 saturated heterocycles. The summed E-state index contributed by atoms with van der Waals surface area (Å²) >= 11 is 6.46. The molecular formula is C28H26ClN3O. The van der Waals surface area contributed by atoms with Gasteiger partial charge in [-0.2, -0.15) is 5.10 Å². The van der Waals surface area contributed by atoms with Gasteiger partial charge in [0, 0.05) is 11.4 Å². The lowest BCUT2D eigenvalue weighted by molar-refractivity contribution is -0.000603. The third-order valence-electron chi connectivity index (χ3n) is 7.49. The second-order valence-electron chi connectivity index (χ2n) is 9.65. The molecular weight excluding hydrogens is 430 g/mol. The third-order valence-corrected chi connectivity index (χ3v) is 7.82. The van der Waals surface area contributed by atoms with Crippen molar-refractivity contribution < 1.29 is 4.79 Å². The molecule has 2 aliphatic carbocycles. The number of carbonyl (C=O) groups excluding carboxylic acids is 1. The van der Waals surface area contributed by atoms with Crippen LogP contribution in [0.5, 0.6) is 0 Å². The largest absolute Gasteiger partial charge is 0.349 e. The van der Waals surface area contributed by atoms with Crippen LogP contribution in [0.15, 0.2) is 72.9 Å². The van der Waals surface area contributed by atoms with E-state index in [1.807, 2.05) is 28.9 Å². The predicted molar refractivity (Wildman–Crippen MR) is 132 cm³/mol. The summed E-state index contributed by atoms with van der Waals surface area (Å²) in [6.07, 6.45) is 7.97. The number of fused-ring (bicyclic) bond motifs is 1. The molecule has 1 N–H and O–H groups in total. The first-order valence-corrected chi connectivity index (χ1v) is 12.1. The van der Waals surface area contributed by atoms with Crippen molar-refractivity contribution in [1.29, 1.82) is 0 Å². The Morgan fingerprint density at radius 1 is 1.00 bits per heavy atom. The first-order valence-electron chi connectivity index (χ1n) is 11.7. The quantitative estimate of drug-likeness (QED) is 0.375. The Labute approximate surface area is 198 Å². The van der Waals surface area contributed by atoms with Crippen molar-refractivity contribution in [3.8, 4) is 11.1 Å². The van der Waals surface area contributed by atoms with Gasteiger partial charge in [-0.3, -0.25) is 9.48 Å². The van der Waals surface area contributed by atoms with E-state index in [0.717, 1.165) is 29.3 Å². The van der Waals surface area contributed by atoms with E-state index in [4.69, 9.17) is 11.6 Å². The number of hydrogen-bond donors (Lipinski definition) is 1. The monoisotopic (exact) mass is 455 g/mol. The van der Waals surface area contributed by atoms with Gasteiger partial charge >= 0.3 is 0 Å². The molecule has 4 aromatic rings. The standard InChI is InChI=1S/C28H26ClN3O/c29-25-12-11-23(27(33)31-22-15-28(16-22)13-4-14-28)26-24(25)17-30-32(26)18-19-7-9-21(10-8-19)20-5-2-1-3-6-20/h1-3,5-12,17,22H,4,13-16,18H2,(H,31,33). The van der Waals surface area contributed by atoms with Crippen LogP contribution in [0.25, 0.3) is 22.0 Å². The van der Waals surface area contributed by atoms with E-state index in [1.165, 1.54) is 30.4 Å². The third kappa shape index (κ3) is 3.72. The minimum absolute atomic E-state index is 0.0305. The fourth-order valence-corrected chi connectivity index (χ4v) is 5.72. The van der Waals surface area contributed by atoms with Crippen molar-refractivity contribution in [2.24, 2.45) is 5.41 Å². The zero-order valence-corrected chi connectivity index (χ0v) is 19.2. The number of halogens is 1. The number of hydrogen-bond acceptors (Lipinski definition) is 2. The summed E-state index contributed by atoms with van der Waals surface area (Å²) < 4.78 is 1.89. The summed E-state index contributed by atoms with van der Waals surface area (Å²) in [5.74, 6) is -0.0305. The van der Waals surface area contributed by atoms with Crippen molar-refractivity contribution >= 4 is 28.4 Å². The first-order chi connectivity index (χ1) is 16.1. The van der Waals surface area contributed by atoms with Crippen LogP contribution in [0.1, 0.15) is 48.0 Å². The molecule has 166 valence electrons. The summed E-state index contributed by atoms with van der Waals surface area (Å²) in [5, 5.41) is 9.27. The smallest absolute Gasteiger partial charge is 0.253 e. The van der Waals surface area contributed by atoms with Crippen LogP contribution in [0.4, 0.5) is 0 Å². The van der Waals surface area contributed by atoms with Crippen LogP contribution in [0, 0.1) is 5.41 Å². The molecule has 4 nitrogen and oxygen atoms in total. The van der Waals surface area contributed by atoms with Gasteiger partial charge in [0.25, 0.3) is 5.91 Å². The highest BCUT2D eigenvalue weighted by molar-refractivity contribution is 6.36. The number of aromatic nitrogens is 2. The second kappa shape index (κ2) is 8.03. The fraction of sp³-hybridized carbons (Fsp3) is 0.286. The van der Waals surface area contributed by atoms with E-state index < -0.39 is 0 Å². The highest BCUT2D eigenvalue weighted by atomic mass is 35.5. The molecule has 2 saturated carbocycles. The van der Waals surface area contributed by atoms with E-state index in [2.05, 4.69) is 46.8 Å². The molecule has 1 aromatic heterocycles. The zero-order valence-electron chi connectivity index (χ0n) is 18.4. The average molecular weight is 456 g/mol. The molecule has 1 spiro atoms. The highest BCUT2D eigenvalue weighted by Gasteiger charge is 2.48. The Bertz CT molecular complexity index is 1310. The Morgan fingerprint density at radius 3 is 2.42 bits per heavy atom. The Balaban J connectivity index is 1.25. The van der Waals surface area contributed by atoms with Gasteiger partial charge in [0.1, 0.15) is 0 Å². The molecule has 0 aliphatic heterocycles. The van der Waals surface area contributed by atoms with E-state index in [1.54, 1.807) is 12.3 Å². The van der Waals surface area contributed by atoms with Gasteiger partial charge in [0.15, 0.2) is 0 Å².